The molecule has 0 aliphatic heterocycles. The highest BCUT2D eigenvalue weighted by atomic mass is 15.3. The van der Waals surface area contributed by atoms with Gasteiger partial charge >= 0.3 is 0 Å². The van der Waals surface area contributed by atoms with Gasteiger partial charge in [-0.2, -0.15) is 5.10 Å². The van der Waals surface area contributed by atoms with Gasteiger partial charge in [-0.15, -0.1) is 0 Å². The summed E-state index contributed by atoms with van der Waals surface area (Å²) in [4.78, 5) is 4.51. The van der Waals surface area contributed by atoms with Gasteiger partial charge in [-0.1, -0.05) is 30.3 Å². The van der Waals surface area contributed by atoms with Crippen LogP contribution in [-0.2, 0) is 6.42 Å². The summed E-state index contributed by atoms with van der Waals surface area (Å²) < 4.78 is 2.03. The lowest BCUT2D eigenvalue weighted by Crippen LogP contribution is -1.96. The molecule has 0 spiro atoms. The molecule has 4 rings (SSSR count). The van der Waals surface area contributed by atoms with E-state index in [-0.39, 0.29) is 0 Å². The average molecular weight is 263 g/mol. The Labute approximate surface area is 115 Å². The molecular weight excluding hydrogens is 250 g/mol. The molecule has 0 aliphatic rings. The number of hydrogen-bond acceptors (Lipinski definition) is 3. The molecule has 0 saturated carbocycles. The molecule has 20 heavy (non-hydrogen) atoms. The Kier molecular flexibility index (Phi) is 2.26. The van der Waals surface area contributed by atoms with Crippen molar-refractivity contribution in [1.82, 2.24) is 19.6 Å². The maximum absolute atomic E-state index is 5.87. The van der Waals surface area contributed by atoms with Gasteiger partial charge in [-0.25, -0.2) is 10.1 Å². The van der Waals surface area contributed by atoms with Crippen LogP contribution >= 0.6 is 0 Å². The van der Waals surface area contributed by atoms with Crippen LogP contribution < -0.4 is 5.73 Å². The number of imidazole rings is 1. The molecule has 0 unspecified atom stereocenters. The van der Waals surface area contributed by atoms with E-state index in [4.69, 9.17) is 5.73 Å². The molecule has 0 aliphatic carbocycles. The van der Waals surface area contributed by atoms with E-state index in [1.807, 2.05) is 40.8 Å². The first-order chi connectivity index (χ1) is 9.81. The highest BCUT2D eigenvalue weighted by Crippen LogP contribution is 2.20. The summed E-state index contributed by atoms with van der Waals surface area (Å²) in [6.45, 7) is 0. The second kappa shape index (κ2) is 4.09. The summed E-state index contributed by atoms with van der Waals surface area (Å²) >= 11 is 0. The van der Waals surface area contributed by atoms with Crippen molar-refractivity contribution in [3.05, 3.63) is 59.9 Å². The fraction of sp³-hybridized carbons (Fsp3) is 0.0667. The molecule has 2 heterocycles. The van der Waals surface area contributed by atoms with Crippen molar-refractivity contribution in [3.8, 4) is 0 Å². The number of aromatic amines is 1. The summed E-state index contributed by atoms with van der Waals surface area (Å²) in [6, 6.07) is 16.0. The first kappa shape index (κ1) is 11.0. The van der Waals surface area contributed by atoms with Crippen LogP contribution in [0, 0.1) is 0 Å². The van der Waals surface area contributed by atoms with Crippen LogP contribution in [0.3, 0.4) is 0 Å². The van der Waals surface area contributed by atoms with Crippen LogP contribution in [0.5, 0.6) is 0 Å². The Morgan fingerprint density at radius 2 is 1.95 bits per heavy atom. The maximum atomic E-state index is 5.87. The highest BCUT2D eigenvalue weighted by molar-refractivity contribution is 5.82. The molecule has 0 saturated heterocycles. The largest absolute Gasteiger partial charge is 0.399 e. The lowest BCUT2D eigenvalue weighted by molar-refractivity contribution is 0.949. The van der Waals surface area contributed by atoms with Crippen LogP contribution in [0.25, 0.3) is 16.8 Å². The smallest absolute Gasteiger partial charge is 0.230 e. The third kappa shape index (κ3) is 1.64. The highest BCUT2D eigenvalue weighted by Gasteiger charge is 2.12. The molecule has 0 fully saturated rings. The predicted molar refractivity (Wildman–Crippen MR) is 78.5 cm³/mol. The number of fused-ring (bicyclic) bond motifs is 3. The lowest BCUT2D eigenvalue weighted by atomic mass is 10.1. The summed E-state index contributed by atoms with van der Waals surface area (Å²) in [5, 5.41) is 7.34. The zero-order valence-corrected chi connectivity index (χ0v) is 10.7. The van der Waals surface area contributed by atoms with Gasteiger partial charge in [0.2, 0.25) is 5.78 Å². The van der Waals surface area contributed by atoms with E-state index in [0.29, 0.717) is 0 Å². The molecule has 0 atom stereocenters. The summed E-state index contributed by atoms with van der Waals surface area (Å²) in [6.07, 6.45) is 0.751. The van der Waals surface area contributed by atoms with Gasteiger partial charge in [0.25, 0.3) is 0 Å². The van der Waals surface area contributed by atoms with Gasteiger partial charge < -0.3 is 5.73 Å². The number of rotatable bonds is 2. The standard InChI is InChI=1S/C15H13N5/c16-11-6-7-12-13(9-11)20-14(18-19-15(20)17-12)8-10-4-2-1-3-5-10/h1-7,9H,8,16H2,(H,17,19). The molecular formula is C15H13N5. The van der Waals surface area contributed by atoms with E-state index >= 15 is 0 Å². The lowest BCUT2D eigenvalue weighted by Gasteiger charge is -2.00. The summed E-state index contributed by atoms with van der Waals surface area (Å²) in [5.74, 6) is 1.68. The number of anilines is 1. The number of nitrogens with zero attached hydrogens (tertiary/aromatic N) is 3. The molecule has 5 nitrogen and oxygen atoms in total. The second-order valence-electron chi connectivity index (χ2n) is 4.82. The Morgan fingerprint density at radius 1 is 1.10 bits per heavy atom. The van der Waals surface area contributed by atoms with Crippen molar-refractivity contribution in [3.63, 3.8) is 0 Å². The molecule has 2 aromatic carbocycles. The van der Waals surface area contributed by atoms with Gasteiger partial charge in [0, 0.05) is 12.1 Å². The topological polar surface area (TPSA) is 72.0 Å². The Bertz CT molecular complexity index is 889. The number of nitrogens with one attached hydrogen (secondary N) is 1. The number of nitrogens with two attached hydrogens (primary N) is 1. The first-order valence-corrected chi connectivity index (χ1v) is 6.46. The van der Waals surface area contributed by atoms with Crippen molar-refractivity contribution >= 4 is 22.5 Å². The Balaban J connectivity index is 1.91. The minimum atomic E-state index is 0.728. The quantitative estimate of drug-likeness (QED) is 0.545. The third-order valence-electron chi connectivity index (χ3n) is 3.43. The van der Waals surface area contributed by atoms with Crippen LogP contribution in [-0.4, -0.2) is 19.6 Å². The van der Waals surface area contributed by atoms with Crippen molar-refractivity contribution in [1.29, 1.82) is 0 Å². The first-order valence-electron chi connectivity index (χ1n) is 6.46. The van der Waals surface area contributed by atoms with Gasteiger partial charge in [0.15, 0.2) is 0 Å². The molecule has 98 valence electrons. The van der Waals surface area contributed by atoms with Crippen LogP contribution in [0.1, 0.15) is 11.4 Å². The van der Waals surface area contributed by atoms with Gasteiger partial charge in [-0.3, -0.25) is 4.40 Å². The summed E-state index contributed by atoms with van der Waals surface area (Å²) in [5.41, 5.74) is 9.72. The minimum Gasteiger partial charge on any atom is -0.399 e. The van der Waals surface area contributed by atoms with Crippen LogP contribution in [0.15, 0.2) is 48.5 Å². The SMILES string of the molecule is Nc1ccc2nc3[nH]nc(Cc4ccccc4)n3c2c1. The average Bonchev–Trinajstić information content (AvgIpc) is 3.00. The Hall–Kier alpha value is -2.82. The van der Waals surface area contributed by atoms with E-state index in [9.17, 15) is 0 Å². The molecule has 5 heteroatoms. The van der Waals surface area contributed by atoms with E-state index in [0.717, 1.165) is 34.7 Å². The van der Waals surface area contributed by atoms with Gasteiger partial charge in [-0.05, 0) is 23.8 Å². The molecule has 0 radical (unpaired) electrons. The molecule has 2 aromatic heterocycles. The fourth-order valence-electron chi connectivity index (χ4n) is 2.49. The van der Waals surface area contributed by atoms with Crippen molar-refractivity contribution in [2.75, 3.05) is 5.73 Å². The summed E-state index contributed by atoms with van der Waals surface area (Å²) in [7, 11) is 0. The van der Waals surface area contributed by atoms with Crippen LogP contribution in [0.4, 0.5) is 5.69 Å². The Morgan fingerprint density at radius 3 is 2.80 bits per heavy atom. The third-order valence-corrected chi connectivity index (χ3v) is 3.43. The fourth-order valence-corrected chi connectivity index (χ4v) is 2.49. The van der Waals surface area contributed by atoms with Crippen molar-refractivity contribution in [2.24, 2.45) is 0 Å². The number of nitrogen functional groups attached to an aromatic ring is 1. The molecule has 3 N–H and O–H groups in total. The molecule has 4 aromatic rings. The minimum absolute atomic E-state index is 0.728. The zero-order valence-electron chi connectivity index (χ0n) is 10.7. The molecule has 0 bridgehead atoms. The van der Waals surface area contributed by atoms with Crippen molar-refractivity contribution < 1.29 is 0 Å². The second-order valence-corrected chi connectivity index (χ2v) is 4.82. The van der Waals surface area contributed by atoms with E-state index in [1.165, 1.54) is 5.56 Å². The van der Waals surface area contributed by atoms with Gasteiger partial charge in [0.1, 0.15) is 5.82 Å². The van der Waals surface area contributed by atoms with E-state index < -0.39 is 0 Å². The van der Waals surface area contributed by atoms with E-state index in [2.05, 4.69) is 27.3 Å². The number of H-pyrrole nitrogens is 1. The van der Waals surface area contributed by atoms with E-state index in [1.54, 1.807) is 0 Å². The molecule has 0 amide bonds. The number of hydrogen-bond donors (Lipinski definition) is 2. The van der Waals surface area contributed by atoms with Crippen LogP contribution in [0.2, 0.25) is 0 Å². The zero-order chi connectivity index (χ0) is 13.5. The number of benzene rings is 2. The van der Waals surface area contributed by atoms with Gasteiger partial charge in [0.05, 0.1) is 11.0 Å². The van der Waals surface area contributed by atoms with Crippen molar-refractivity contribution in [2.45, 2.75) is 6.42 Å². The number of aromatic nitrogens is 4. The monoisotopic (exact) mass is 263 g/mol. The maximum Gasteiger partial charge on any atom is 0.230 e. The predicted octanol–water partition coefficient (Wildman–Crippen LogP) is 2.38. The normalized spacial score (nSPS) is 11.4.